The topological polar surface area (TPSA) is 54.5 Å². The molecule has 0 spiro atoms. The maximum atomic E-state index is 11.6. The van der Waals surface area contributed by atoms with E-state index in [9.17, 15) is 14.4 Å². The van der Waals surface area contributed by atoms with Crippen LogP contribution in [0.1, 0.15) is 45.4 Å². The highest BCUT2D eigenvalue weighted by Crippen LogP contribution is 2.20. The maximum absolute atomic E-state index is 11.6. The normalized spacial score (nSPS) is 18.1. The number of nitrogens with zero attached hydrogens (tertiary/aromatic N) is 1. The zero-order valence-corrected chi connectivity index (χ0v) is 10.2. The Morgan fingerprint density at radius 1 is 1.24 bits per heavy atom. The Morgan fingerprint density at radius 2 is 1.88 bits per heavy atom. The molecule has 2 amide bonds. The molecule has 4 heteroatoms. The predicted molar refractivity (Wildman–Crippen MR) is 64.2 cm³/mol. The summed E-state index contributed by atoms with van der Waals surface area (Å²) in [6, 6.07) is -0.253. The van der Waals surface area contributed by atoms with Crippen LogP contribution >= 0.6 is 0 Å². The van der Waals surface area contributed by atoms with E-state index in [-0.39, 0.29) is 24.3 Å². The Hall–Kier alpha value is -1.45. The van der Waals surface area contributed by atoms with E-state index in [0.29, 0.717) is 19.3 Å². The lowest BCUT2D eigenvalue weighted by Crippen LogP contribution is -2.39. The summed E-state index contributed by atoms with van der Waals surface area (Å²) in [6.07, 6.45) is 8.13. The van der Waals surface area contributed by atoms with Crippen LogP contribution in [0.5, 0.6) is 0 Å². The number of carbonyl (C=O) groups is 3. The first-order valence-corrected chi connectivity index (χ1v) is 6.14. The zero-order valence-electron chi connectivity index (χ0n) is 10.2. The van der Waals surface area contributed by atoms with Gasteiger partial charge in [-0.15, -0.1) is 0 Å². The number of amides is 2. The van der Waals surface area contributed by atoms with Crippen molar-refractivity contribution in [3.63, 3.8) is 0 Å². The molecule has 1 saturated heterocycles. The highest BCUT2D eigenvalue weighted by Gasteiger charge is 2.34. The molecule has 0 aromatic carbocycles. The largest absolute Gasteiger partial charge is 0.303 e. The molecule has 1 atom stereocenters. The SMILES string of the molecule is CC/C=C\CC[C@H](CC=O)N1C(=O)CCC1=O. The third-order valence-corrected chi connectivity index (χ3v) is 2.89. The van der Waals surface area contributed by atoms with Gasteiger partial charge in [-0.05, 0) is 19.3 Å². The fraction of sp³-hybridized carbons (Fsp3) is 0.615. The lowest BCUT2D eigenvalue weighted by atomic mass is 10.1. The number of allylic oxidation sites excluding steroid dienone is 2. The number of carbonyl (C=O) groups excluding carboxylic acids is 3. The first-order chi connectivity index (χ1) is 8.20. The molecule has 0 aromatic rings. The molecule has 0 radical (unpaired) electrons. The van der Waals surface area contributed by atoms with E-state index in [4.69, 9.17) is 0 Å². The molecule has 1 aliphatic rings. The van der Waals surface area contributed by atoms with Gasteiger partial charge in [0.1, 0.15) is 6.29 Å². The van der Waals surface area contributed by atoms with Gasteiger partial charge in [0.15, 0.2) is 0 Å². The molecule has 1 fully saturated rings. The molecule has 0 bridgehead atoms. The highest BCUT2D eigenvalue weighted by molar-refractivity contribution is 6.02. The minimum atomic E-state index is -0.253. The quantitative estimate of drug-likeness (QED) is 0.385. The van der Waals surface area contributed by atoms with E-state index in [1.54, 1.807) is 0 Å². The molecule has 94 valence electrons. The molecular weight excluding hydrogens is 218 g/mol. The molecular formula is C13H19NO3. The monoisotopic (exact) mass is 237 g/mol. The number of aldehydes is 1. The average Bonchev–Trinajstić information content (AvgIpc) is 2.63. The van der Waals surface area contributed by atoms with Crippen molar-refractivity contribution in [2.24, 2.45) is 0 Å². The van der Waals surface area contributed by atoms with Gasteiger partial charge in [-0.3, -0.25) is 14.5 Å². The molecule has 0 unspecified atom stereocenters. The van der Waals surface area contributed by atoms with Gasteiger partial charge in [0.05, 0.1) is 0 Å². The fourth-order valence-electron chi connectivity index (χ4n) is 2.04. The summed E-state index contributed by atoms with van der Waals surface area (Å²) in [4.78, 5) is 35.0. The van der Waals surface area contributed by atoms with Crippen molar-refractivity contribution in [1.29, 1.82) is 0 Å². The number of hydrogen-bond acceptors (Lipinski definition) is 3. The summed E-state index contributed by atoms with van der Waals surface area (Å²) in [5.74, 6) is -0.275. The molecule has 0 saturated carbocycles. The van der Waals surface area contributed by atoms with Crippen molar-refractivity contribution in [1.82, 2.24) is 4.90 Å². The standard InChI is InChI=1S/C13H19NO3/c1-2-3-4-5-6-11(9-10-15)14-12(16)7-8-13(14)17/h3-4,10-11H,2,5-9H2,1H3/b4-3-/t11-/m1/s1. The van der Waals surface area contributed by atoms with Crippen LogP contribution < -0.4 is 0 Å². The Kier molecular flexibility index (Phi) is 5.60. The van der Waals surface area contributed by atoms with Crippen LogP contribution in [-0.2, 0) is 14.4 Å². The molecule has 4 nitrogen and oxygen atoms in total. The number of imide groups is 1. The Balaban J connectivity index is 2.58. The molecule has 1 rings (SSSR count). The second kappa shape index (κ2) is 6.99. The summed E-state index contributed by atoms with van der Waals surface area (Å²) >= 11 is 0. The third kappa shape index (κ3) is 3.80. The minimum Gasteiger partial charge on any atom is -0.303 e. The second-order valence-corrected chi connectivity index (χ2v) is 4.17. The predicted octanol–water partition coefficient (Wildman–Crippen LogP) is 1.84. The average molecular weight is 237 g/mol. The van der Waals surface area contributed by atoms with Gasteiger partial charge in [-0.1, -0.05) is 19.1 Å². The molecule has 0 aliphatic carbocycles. The first kappa shape index (κ1) is 13.6. The van der Waals surface area contributed by atoms with Crippen LogP contribution in [0.2, 0.25) is 0 Å². The van der Waals surface area contributed by atoms with Crippen molar-refractivity contribution >= 4 is 18.1 Å². The van der Waals surface area contributed by atoms with E-state index in [1.807, 2.05) is 19.1 Å². The van der Waals surface area contributed by atoms with Gasteiger partial charge in [-0.2, -0.15) is 0 Å². The molecule has 0 N–H and O–H groups in total. The minimum absolute atomic E-state index is 0.138. The fourth-order valence-corrected chi connectivity index (χ4v) is 2.04. The van der Waals surface area contributed by atoms with Crippen LogP contribution in [0.4, 0.5) is 0 Å². The Bertz CT molecular complexity index is 307. The van der Waals surface area contributed by atoms with E-state index >= 15 is 0 Å². The van der Waals surface area contributed by atoms with Gasteiger partial charge < -0.3 is 4.79 Å². The molecule has 1 aliphatic heterocycles. The van der Waals surface area contributed by atoms with Crippen LogP contribution in [0.25, 0.3) is 0 Å². The van der Waals surface area contributed by atoms with Crippen LogP contribution in [0, 0.1) is 0 Å². The van der Waals surface area contributed by atoms with Gasteiger partial charge >= 0.3 is 0 Å². The van der Waals surface area contributed by atoms with Crippen molar-refractivity contribution in [2.45, 2.75) is 51.5 Å². The van der Waals surface area contributed by atoms with E-state index < -0.39 is 0 Å². The van der Waals surface area contributed by atoms with E-state index in [2.05, 4.69) is 0 Å². The van der Waals surface area contributed by atoms with Crippen molar-refractivity contribution < 1.29 is 14.4 Å². The molecule has 17 heavy (non-hydrogen) atoms. The first-order valence-electron chi connectivity index (χ1n) is 6.14. The highest BCUT2D eigenvalue weighted by atomic mass is 16.2. The van der Waals surface area contributed by atoms with Gasteiger partial charge in [0.25, 0.3) is 0 Å². The summed E-state index contributed by atoms with van der Waals surface area (Å²) < 4.78 is 0. The number of rotatable bonds is 7. The maximum Gasteiger partial charge on any atom is 0.229 e. The van der Waals surface area contributed by atoms with Gasteiger partial charge in [-0.25, -0.2) is 0 Å². The van der Waals surface area contributed by atoms with E-state index in [0.717, 1.165) is 19.1 Å². The number of hydrogen-bond donors (Lipinski definition) is 0. The van der Waals surface area contributed by atoms with E-state index in [1.165, 1.54) is 4.90 Å². The van der Waals surface area contributed by atoms with Crippen LogP contribution in [0.3, 0.4) is 0 Å². The molecule has 1 heterocycles. The summed E-state index contributed by atoms with van der Waals surface area (Å²) in [7, 11) is 0. The Morgan fingerprint density at radius 3 is 2.41 bits per heavy atom. The summed E-state index contributed by atoms with van der Waals surface area (Å²) in [6.45, 7) is 2.05. The van der Waals surface area contributed by atoms with Crippen LogP contribution in [0.15, 0.2) is 12.2 Å². The lowest BCUT2D eigenvalue weighted by Gasteiger charge is -2.24. The van der Waals surface area contributed by atoms with Crippen LogP contribution in [-0.4, -0.2) is 29.0 Å². The van der Waals surface area contributed by atoms with Gasteiger partial charge in [0, 0.05) is 25.3 Å². The Labute approximate surface area is 102 Å². The zero-order chi connectivity index (χ0) is 12.7. The van der Waals surface area contributed by atoms with Crippen molar-refractivity contribution in [3.8, 4) is 0 Å². The lowest BCUT2D eigenvalue weighted by molar-refractivity contribution is -0.141. The van der Waals surface area contributed by atoms with Gasteiger partial charge in [0.2, 0.25) is 11.8 Å². The third-order valence-electron chi connectivity index (χ3n) is 2.89. The second-order valence-electron chi connectivity index (χ2n) is 4.17. The smallest absolute Gasteiger partial charge is 0.229 e. The molecule has 0 aromatic heterocycles. The summed E-state index contributed by atoms with van der Waals surface area (Å²) in [5.41, 5.74) is 0. The summed E-state index contributed by atoms with van der Waals surface area (Å²) in [5, 5.41) is 0. The van der Waals surface area contributed by atoms with Crippen molar-refractivity contribution in [2.75, 3.05) is 0 Å². The van der Waals surface area contributed by atoms with Crippen molar-refractivity contribution in [3.05, 3.63) is 12.2 Å². The number of likely N-dealkylation sites (tertiary alicyclic amines) is 1.